The third-order valence-electron chi connectivity index (χ3n) is 6.64. The lowest BCUT2D eigenvalue weighted by Crippen LogP contribution is -2.69. The van der Waals surface area contributed by atoms with E-state index in [-0.39, 0.29) is 16.9 Å². The summed E-state index contributed by atoms with van der Waals surface area (Å²) in [5, 5.41) is 14.5. The largest absolute Gasteiger partial charge is 0.477 e. The number of nitriles is 1. The van der Waals surface area contributed by atoms with Gasteiger partial charge in [-0.1, -0.05) is 6.58 Å². The Morgan fingerprint density at radius 3 is 2.69 bits per heavy atom. The van der Waals surface area contributed by atoms with E-state index in [0.717, 1.165) is 0 Å². The molecule has 0 aromatic carbocycles. The van der Waals surface area contributed by atoms with Gasteiger partial charge in [0.15, 0.2) is 0 Å². The van der Waals surface area contributed by atoms with Crippen LogP contribution in [0.15, 0.2) is 58.9 Å². The van der Waals surface area contributed by atoms with Crippen LogP contribution in [0.3, 0.4) is 0 Å². The first-order valence-electron chi connectivity index (χ1n) is 10.4. The molecule has 32 heavy (non-hydrogen) atoms. The van der Waals surface area contributed by atoms with Gasteiger partial charge in [0, 0.05) is 35.9 Å². The maximum absolute atomic E-state index is 14.2. The molecule has 0 unspecified atom stereocenters. The van der Waals surface area contributed by atoms with Gasteiger partial charge in [0.25, 0.3) is 0 Å². The molecule has 1 aromatic heterocycles. The van der Waals surface area contributed by atoms with Crippen LogP contribution < -0.4 is 4.74 Å². The van der Waals surface area contributed by atoms with Crippen molar-refractivity contribution in [3.8, 4) is 11.9 Å². The van der Waals surface area contributed by atoms with E-state index < -0.39 is 23.1 Å². The molecule has 2 heterocycles. The lowest BCUT2D eigenvalue weighted by Gasteiger charge is -2.69. The van der Waals surface area contributed by atoms with Crippen molar-refractivity contribution in [2.75, 3.05) is 6.61 Å². The maximum atomic E-state index is 14.2. The van der Waals surface area contributed by atoms with Crippen molar-refractivity contribution in [3.63, 3.8) is 0 Å². The number of carbonyl (C=O) groups is 1. The number of nitrogens with zero attached hydrogens (tertiary/aromatic N) is 4. The molecule has 8 heteroatoms. The number of halogens is 2. The first kappa shape index (κ1) is 21.9. The average Bonchev–Trinajstić information content (AvgIpc) is 3.21. The molecule has 0 radical (unpaired) electrons. The van der Waals surface area contributed by atoms with E-state index in [1.54, 1.807) is 18.3 Å². The van der Waals surface area contributed by atoms with Gasteiger partial charge in [0.2, 0.25) is 11.8 Å². The minimum Gasteiger partial charge on any atom is -0.477 e. The molecule has 4 aliphatic rings. The highest BCUT2D eigenvalue weighted by Crippen LogP contribution is 2.74. The highest BCUT2D eigenvalue weighted by Gasteiger charge is 2.72. The summed E-state index contributed by atoms with van der Waals surface area (Å²) in [6, 6.07) is 4.86. The van der Waals surface area contributed by atoms with Gasteiger partial charge in [0.05, 0.1) is 23.6 Å². The van der Waals surface area contributed by atoms with Crippen LogP contribution in [0.4, 0.5) is 8.78 Å². The second kappa shape index (κ2) is 7.97. The highest BCUT2D eigenvalue weighted by atomic mass is 19.1. The number of allylic oxidation sites excluding steroid dienone is 3. The van der Waals surface area contributed by atoms with E-state index >= 15 is 0 Å². The van der Waals surface area contributed by atoms with Crippen molar-refractivity contribution in [2.45, 2.75) is 45.6 Å². The molecule has 3 saturated carbocycles. The lowest BCUT2D eigenvalue weighted by atomic mass is 9.35. The second-order valence-corrected chi connectivity index (χ2v) is 9.02. The van der Waals surface area contributed by atoms with Crippen LogP contribution in [0.5, 0.6) is 5.88 Å². The molecule has 0 N–H and O–H groups in total. The fourth-order valence-electron chi connectivity index (χ4n) is 4.83. The van der Waals surface area contributed by atoms with Gasteiger partial charge in [-0.3, -0.25) is 4.79 Å². The molecule has 3 aliphatic carbocycles. The van der Waals surface area contributed by atoms with Gasteiger partial charge in [-0.25, -0.2) is 18.8 Å². The number of carbonyl (C=O) groups excluding carboxylic acids is 1. The van der Waals surface area contributed by atoms with Crippen molar-refractivity contribution in [3.05, 3.63) is 59.3 Å². The fourth-order valence-corrected chi connectivity index (χ4v) is 4.83. The van der Waals surface area contributed by atoms with Crippen molar-refractivity contribution >= 4 is 12.1 Å². The summed E-state index contributed by atoms with van der Waals surface area (Å²) in [5.74, 6) is -0.929. The molecule has 1 aliphatic heterocycles. The van der Waals surface area contributed by atoms with E-state index in [2.05, 4.69) is 16.7 Å². The van der Waals surface area contributed by atoms with E-state index in [1.807, 2.05) is 6.07 Å². The second-order valence-electron chi connectivity index (χ2n) is 9.02. The monoisotopic (exact) mass is 438 g/mol. The molecule has 3 fully saturated rings. The quantitative estimate of drug-likeness (QED) is 0.575. The van der Waals surface area contributed by atoms with Crippen molar-refractivity contribution in [1.82, 2.24) is 9.99 Å². The Balaban J connectivity index is 1.35. The molecule has 2 bridgehead atoms. The lowest BCUT2D eigenvalue weighted by molar-refractivity contribution is -0.226. The minimum absolute atomic E-state index is 0.0479. The fraction of sp³-hybridized carbons (Fsp3) is 0.417. The van der Waals surface area contributed by atoms with Crippen molar-refractivity contribution in [1.29, 1.82) is 5.26 Å². The smallest absolute Gasteiger partial charge is 0.249 e. The molecule has 0 saturated heterocycles. The minimum atomic E-state index is -0.702. The summed E-state index contributed by atoms with van der Waals surface area (Å²) in [4.78, 5) is 17.3. The number of ether oxygens (including phenoxy) is 1. The maximum Gasteiger partial charge on any atom is 0.249 e. The number of hydrogen-bond donors (Lipinski definition) is 0. The third-order valence-corrected chi connectivity index (χ3v) is 6.64. The van der Waals surface area contributed by atoms with E-state index in [0.29, 0.717) is 49.3 Å². The Morgan fingerprint density at radius 1 is 1.38 bits per heavy atom. The average molecular weight is 438 g/mol. The van der Waals surface area contributed by atoms with Crippen LogP contribution in [0.2, 0.25) is 0 Å². The Hall–Kier alpha value is -3.34. The zero-order valence-corrected chi connectivity index (χ0v) is 18.1. The van der Waals surface area contributed by atoms with Crippen LogP contribution in [0, 0.1) is 22.2 Å². The first-order chi connectivity index (χ1) is 15.2. The van der Waals surface area contributed by atoms with E-state index in [4.69, 9.17) is 10.00 Å². The van der Waals surface area contributed by atoms with Crippen molar-refractivity contribution < 1.29 is 18.3 Å². The van der Waals surface area contributed by atoms with Crippen LogP contribution >= 0.6 is 0 Å². The van der Waals surface area contributed by atoms with Crippen LogP contribution in [-0.2, 0) is 4.79 Å². The Morgan fingerprint density at radius 2 is 2.09 bits per heavy atom. The van der Waals surface area contributed by atoms with Gasteiger partial charge in [-0.2, -0.15) is 10.4 Å². The predicted molar refractivity (Wildman–Crippen MR) is 115 cm³/mol. The number of hydrogen-bond acceptors (Lipinski definition) is 5. The molecule has 6 nitrogen and oxygen atoms in total. The summed E-state index contributed by atoms with van der Waals surface area (Å²) >= 11 is 0. The third kappa shape index (κ3) is 3.72. The standard InChI is InChI=1S/C24H24F2N4O2/c1-15(8-19(26)16(2)17(3)25)20-6-7-29-30(20)22(31)24-11-23(12-24,13-24)14-32-21-5-4-18(9-27)10-28-21/h4-5,7-8,10,20H,1,6,11-14H2,2-3H3/b17-16+,19-8+/t20-,23?,24?/m1/s1. The Bertz CT molecular complexity index is 1070. The summed E-state index contributed by atoms with van der Waals surface area (Å²) in [6.07, 6.45) is 6.82. The molecule has 0 spiro atoms. The van der Waals surface area contributed by atoms with Crippen LogP contribution in [0.25, 0.3) is 0 Å². The summed E-state index contributed by atoms with van der Waals surface area (Å²) < 4.78 is 33.3. The Labute approximate surface area is 185 Å². The van der Waals surface area contributed by atoms with Crippen molar-refractivity contribution in [2.24, 2.45) is 15.9 Å². The number of aromatic nitrogens is 1. The number of hydrazone groups is 1. The van der Waals surface area contributed by atoms with Gasteiger partial charge < -0.3 is 4.74 Å². The molecule has 1 amide bonds. The number of rotatable bonds is 7. The van der Waals surface area contributed by atoms with Crippen LogP contribution in [-0.4, -0.2) is 34.8 Å². The zero-order chi connectivity index (χ0) is 23.1. The predicted octanol–water partition coefficient (Wildman–Crippen LogP) is 4.76. The number of pyridine rings is 1. The zero-order valence-electron chi connectivity index (χ0n) is 18.1. The molecular formula is C24H24F2N4O2. The molecule has 166 valence electrons. The number of amides is 1. The van der Waals surface area contributed by atoms with Gasteiger partial charge >= 0.3 is 0 Å². The van der Waals surface area contributed by atoms with Gasteiger partial charge in [0.1, 0.15) is 17.7 Å². The van der Waals surface area contributed by atoms with E-state index in [1.165, 1.54) is 31.1 Å². The van der Waals surface area contributed by atoms with Gasteiger partial charge in [-0.15, -0.1) is 0 Å². The van der Waals surface area contributed by atoms with Gasteiger partial charge in [-0.05, 0) is 50.8 Å². The topological polar surface area (TPSA) is 78.6 Å². The molecule has 1 atom stereocenters. The molecular weight excluding hydrogens is 414 g/mol. The summed E-state index contributed by atoms with van der Waals surface area (Å²) in [6.45, 7) is 6.91. The summed E-state index contributed by atoms with van der Waals surface area (Å²) in [7, 11) is 0. The SMILES string of the molecule is C=C(/C=C(F)\C(C)=C(/C)F)[C@H]1CC=NN1C(=O)C12CC(COc3ccc(C#N)cn3)(C1)C2. The Kier molecular flexibility index (Phi) is 5.45. The highest BCUT2D eigenvalue weighted by molar-refractivity contribution is 5.88. The molecule has 5 rings (SSSR count). The first-order valence-corrected chi connectivity index (χ1v) is 10.4. The summed E-state index contributed by atoms with van der Waals surface area (Å²) in [5.41, 5.74) is 0.255. The van der Waals surface area contributed by atoms with Crippen LogP contribution in [0.1, 0.15) is 45.1 Å². The van der Waals surface area contributed by atoms with E-state index in [9.17, 15) is 13.6 Å². The normalized spacial score (nSPS) is 28.9. The molecule has 1 aromatic rings.